The highest BCUT2D eigenvalue weighted by molar-refractivity contribution is 5.68. The number of benzene rings is 3. The van der Waals surface area contributed by atoms with Crippen LogP contribution in [0.3, 0.4) is 0 Å². The smallest absolute Gasteiger partial charge is 0.303 e. The van der Waals surface area contributed by atoms with Gasteiger partial charge in [-0.25, -0.2) is 0 Å². The van der Waals surface area contributed by atoms with Crippen molar-refractivity contribution in [2.45, 2.75) is 70.0 Å². The number of esters is 3. The summed E-state index contributed by atoms with van der Waals surface area (Å²) in [6.07, 6.45) is -4.07. The Balaban J connectivity index is 1.35. The van der Waals surface area contributed by atoms with E-state index >= 15 is 0 Å². The maximum absolute atomic E-state index is 12.1. The third kappa shape index (κ3) is 8.45. The molecule has 2 aliphatic heterocycles. The van der Waals surface area contributed by atoms with E-state index in [1.54, 1.807) is 6.08 Å². The molecule has 12 heteroatoms. The maximum Gasteiger partial charge on any atom is 0.303 e. The molecule has 3 aromatic rings. The van der Waals surface area contributed by atoms with Crippen molar-refractivity contribution in [3.63, 3.8) is 0 Å². The van der Waals surface area contributed by atoms with Crippen molar-refractivity contribution in [1.82, 2.24) is 0 Å². The van der Waals surface area contributed by atoms with Gasteiger partial charge in [-0.15, -0.1) is 0 Å². The Morgan fingerprint density at radius 3 is 1.80 bits per heavy atom. The number of fused-ring (bicyclic) bond motifs is 1. The molecule has 0 radical (unpaired) electrons. The lowest BCUT2D eigenvalue weighted by molar-refractivity contribution is -0.340. The molecule has 2 saturated heterocycles. The number of rotatable bonds is 13. The number of carbonyl (C=O) groups is 3. The predicted molar refractivity (Wildman–Crippen MR) is 176 cm³/mol. The van der Waals surface area contributed by atoms with Crippen molar-refractivity contribution >= 4 is 17.9 Å². The second-order valence-electron chi connectivity index (χ2n) is 11.8. The lowest BCUT2D eigenvalue weighted by atomic mass is 9.80. The first-order chi connectivity index (χ1) is 24.0. The highest BCUT2D eigenvalue weighted by Crippen LogP contribution is 2.42. The van der Waals surface area contributed by atoms with Crippen molar-refractivity contribution in [2.24, 2.45) is 0 Å². The van der Waals surface area contributed by atoms with Crippen LogP contribution in [0.15, 0.2) is 103 Å². The van der Waals surface area contributed by atoms with Crippen LogP contribution in [-0.2, 0) is 57.9 Å². The molecule has 0 aromatic heterocycles. The second kappa shape index (κ2) is 16.2. The second-order valence-corrected chi connectivity index (χ2v) is 11.8. The summed E-state index contributed by atoms with van der Waals surface area (Å²) in [5, 5.41) is 10.1. The summed E-state index contributed by atoms with van der Waals surface area (Å²) in [7, 11) is 0. The van der Waals surface area contributed by atoms with Gasteiger partial charge in [-0.1, -0.05) is 91.0 Å². The summed E-state index contributed by atoms with van der Waals surface area (Å²) in [5.41, 5.74) is 1.90. The first-order valence-corrected chi connectivity index (χ1v) is 16.1. The van der Waals surface area contributed by atoms with E-state index < -0.39 is 60.2 Å². The molecule has 0 amide bonds. The lowest BCUT2D eigenvalue weighted by Gasteiger charge is -2.40. The van der Waals surface area contributed by atoms with E-state index in [-0.39, 0.29) is 25.4 Å². The van der Waals surface area contributed by atoms with Crippen molar-refractivity contribution < 1.29 is 52.3 Å². The van der Waals surface area contributed by atoms with Crippen LogP contribution >= 0.6 is 0 Å². The normalized spacial score (nSPS) is 24.8. The molecule has 50 heavy (non-hydrogen) atoms. The third-order valence-corrected chi connectivity index (χ3v) is 8.13. The minimum Gasteiger partial charge on any atom is -0.463 e. The van der Waals surface area contributed by atoms with Gasteiger partial charge in [-0.05, 0) is 22.8 Å². The molecular formula is C38H39NO11. The standard InChI is InChI=1S/C38H39NO11/c1-25(40)43-24-32-33(46-26(2)41)34(47-27(3)42)35-36(48-32)50-37(4,49-35)44-21-20-28(22-39)23-45-38(29-14-8-5-9-15-29,30-16-10-6-11-17-30)31-18-12-7-13-19-31/h5-20,32-36H,21,23-24H2,1-4H3/b28-20+/t32-,33-,34+,35-,36-,37?/m1/s1. The van der Waals surface area contributed by atoms with Crippen molar-refractivity contribution in [2.75, 3.05) is 19.8 Å². The molecule has 0 saturated carbocycles. The minimum atomic E-state index is -1.73. The Bertz CT molecular complexity index is 1600. The number of ether oxygens (including phenoxy) is 8. The average molecular weight is 686 g/mol. The molecule has 3 aromatic carbocycles. The fraction of sp³-hybridized carbons (Fsp3) is 0.368. The van der Waals surface area contributed by atoms with Gasteiger partial charge in [0, 0.05) is 27.7 Å². The van der Waals surface area contributed by atoms with Gasteiger partial charge < -0.3 is 33.2 Å². The van der Waals surface area contributed by atoms with Crippen molar-refractivity contribution in [1.29, 1.82) is 5.26 Å². The molecule has 2 fully saturated rings. The van der Waals surface area contributed by atoms with Gasteiger partial charge in [0.05, 0.1) is 24.9 Å². The van der Waals surface area contributed by atoms with E-state index in [2.05, 4.69) is 6.07 Å². The third-order valence-electron chi connectivity index (χ3n) is 8.13. The Hall–Kier alpha value is -4.90. The zero-order chi connectivity index (χ0) is 35.7. The summed E-state index contributed by atoms with van der Waals surface area (Å²) >= 11 is 0. The first kappa shape index (κ1) is 36.4. The summed E-state index contributed by atoms with van der Waals surface area (Å²) in [6.45, 7) is 4.57. The number of carbonyl (C=O) groups excluding carboxylic acids is 3. The highest BCUT2D eigenvalue weighted by atomic mass is 16.9. The van der Waals surface area contributed by atoms with Gasteiger partial charge in [0.2, 0.25) is 0 Å². The molecule has 5 rings (SSSR count). The monoisotopic (exact) mass is 685 g/mol. The van der Waals surface area contributed by atoms with Crippen molar-refractivity contribution in [3.8, 4) is 6.07 Å². The van der Waals surface area contributed by atoms with Crippen LogP contribution in [-0.4, -0.2) is 74.4 Å². The Labute approximate surface area is 290 Å². The van der Waals surface area contributed by atoms with Crippen molar-refractivity contribution in [3.05, 3.63) is 119 Å². The van der Waals surface area contributed by atoms with E-state index in [0.29, 0.717) is 0 Å². The fourth-order valence-corrected chi connectivity index (χ4v) is 6.03. The Morgan fingerprint density at radius 1 is 0.800 bits per heavy atom. The predicted octanol–water partition coefficient (Wildman–Crippen LogP) is 4.70. The lowest BCUT2D eigenvalue weighted by Crippen LogP contribution is -2.60. The number of nitrogens with zero attached hydrogens (tertiary/aromatic N) is 1. The van der Waals surface area contributed by atoms with E-state index in [1.165, 1.54) is 27.7 Å². The number of hydrogen-bond donors (Lipinski definition) is 0. The van der Waals surface area contributed by atoms with Gasteiger partial charge in [0.15, 0.2) is 24.6 Å². The molecule has 1 unspecified atom stereocenters. The van der Waals surface area contributed by atoms with Crippen LogP contribution in [0.2, 0.25) is 0 Å². The molecular weight excluding hydrogens is 646 g/mol. The van der Waals surface area contributed by atoms with Crippen LogP contribution < -0.4 is 0 Å². The summed E-state index contributed by atoms with van der Waals surface area (Å²) in [5.74, 6) is -3.66. The first-order valence-electron chi connectivity index (χ1n) is 16.1. The zero-order valence-corrected chi connectivity index (χ0v) is 28.2. The average Bonchev–Trinajstić information content (AvgIpc) is 3.45. The van der Waals surface area contributed by atoms with E-state index in [9.17, 15) is 19.6 Å². The van der Waals surface area contributed by atoms with E-state index in [1.807, 2.05) is 91.0 Å². The van der Waals surface area contributed by atoms with Crippen LogP contribution in [0.4, 0.5) is 0 Å². The molecule has 2 aliphatic rings. The largest absolute Gasteiger partial charge is 0.463 e. The summed E-state index contributed by atoms with van der Waals surface area (Å²) in [6, 6.07) is 31.6. The van der Waals surface area contributed by atoms with Gasteiger partial charge in [0.1, 0.15) is 18.3 Å². The van der Waals surface area contributed by atoms with E-state index in [4.69, 9.17) is 37.9 Å². The maximum atomic E-state index is 12.1. The molecule has 0 spiro atoms. The molecule has 0 N–H and O–H groups in total. The molecule has 0 aliphatic carbocycles. The molecule has 2 heterocycles. The Kier molecular flexibility index (Phi) is 11.8. The van der Waals surface area contributed by atoms with Gasteiger partial charge in [-0.2, -0.15) is 5.26 Å². The number of hydrogen-bond acceptors (Lipinski definition) is 12. The van der Waals surface area contributed by atoms with Crippen LogP contribution in [0.25, 0.3) is 0 Å². The van der Waals surface area contributed by atoms with Gasteiger partial charge in [-0.3, -0.25) is 19.1 Å². The zero-order valence-electron chi connectivity index (χ0n) is 28.2. The SMILES string of the molecule is CC(=O)OC[C@H]1O[C@@H]2OC(C)(OC/C=C(\C#N)COC(c3ccccc3)(c3ccccc3)c3ccccc3)O[C@@H]2[C@@H](OC(C)=O)[C@@H]1OC(C)=O. The van der Waals surface area contributed by atoms with Crippen LogP contribution in [0.1, 0.15) is 44.4 Å². The summed E-state index contributed by atoms with van der Waals surface area (Å²) in [4.78, 5) is 35.6. The molecule has 12 nitrogen and oxygen atoms in total. The molecule has 262 valence electrons. The van der Waals surface area contributed by atoms with Crippen LogP contribution in [0, 0.1) is 11.3 Å². The van der Waals surface area contributed by atoms with Crippen LogP contribution in [0.5, 0.6) is 0 Å². The molecule has 6 atom stereocenters. The number of nitriles is 1. The Morgan fingerprint density at radius 2 is 1.32 bits per heavy atom. The quantitative estimate of drug-likeness (QED) is 0.106. The minimum absolute atomic E-state index is 0.0677. The van der Waals surface area contributed by atoms with E-state index in [0.717, 1.165) is 16.7 Å². The highest BCUT2D eigenvalue weighted by Gasteiger charge is 2.59. The van der Waals surface area contributed by atoms with Gasteiger partial charge in [0.25, 0.3) is 5.97 Å². The van der Waals surface area contributed by atoms with Gasteiger partial charge >= 0.3 is 17.9 Å². The topological polar surface area (TPSA) is 149 Å². The summed E-state index contributed by atoms with van der Waals surface area (Å²) < 4.78 is 46.8. The molecule has 0 bridgehead atoms. The fourth-order valence-electron chi connectivity index (χ4n) is 6.03.